The van der Waals surface area contributed by atoms with Crippen LogP contribution in [0.1, 0.15) is 40.9 Å². The van der Waals surface area contributed by atoms with Crippen LogP contribution in [0, 0.1) is 0 Å². The second-order valence-corrected chi connectivity index (χ2v) is 12.3. The third kappa shape index (κ3) is 11.8. The summed E-state index contributed by atoms with van der Waals surface area (Å²) in [5, 5.41) is 32.5. The van der Waals surface area contributed by atoms with Gasteiger partial charge in [0.15, 0.2) is 0 Å². The van der Waals surface area contributed by atoms with Gasteiger partial charge in [-0.25, -0.2) is 23.7 Å². The highest BCUT2D eigenvalue weighted by Crippen LogP contribution is 2.20. The zero-order valence-corrected chi connectivity index (χ0v) is 31.1. The van der Waals surface area contributed by atoms with Gasteiger partial charge in [-0.15, -0.1) is 0 Å². The van der Waals surface area contributed by atoms with E-state index in [-0.39, 0.29) is 49.6 Å². The maximum Gasteiger partial charge on any atom is 0.411 e. The largest absolute Gasteiger partial charge is 0.478 e. The van der Waals surface area contributed by atoms with Gasteiger partial charge in [-0.05, 0) is 85.1 Å². The van der Waals surface area contributed by atoms with Gasteiger partial charge in [0.2, 0.25) is 0 Å². The van der Waals surface area contributed by atoms with Gasteiger partial charge in [0.25, 0.3) is 11.1 Å². The lowest BCUT2D eigenvalue weighted by molar-refractivity contribution is 0.0696. The van der Waals surface area contributed by atoms with E-state index in [1.165, 1.54) is 33.6 Å². The first-order chi connectivity index (χ1) is 27.5. The fourth-order valence-electron chi connectivity index (χ4n) is 5.48. The maximum absolute atomic E-state index is 12.2. The minimum absolute atomic E-state index is 0.0618. The number of benzene rings is 4. The Hall–Kier alpha value is -7.39. The van der Waals surface area contributed by atoms with Crippen molar-refractivity contribution < 1.29 is 34.1 Å². The SMILES string of the molecule is CCOC(=O)Nc1cccc(Cn2nc(-c3cccc(C(=O)O)c3)ccc2=O)c1.CCOC(=O)Nc1cccc(Cn2nc(-c3cccc(CO)c3)ccc2=O)c1. The number of anilines is 2. The Labute approximate surface area is 326 Å². The number of aliphatic hydroxyl groups is 1. The van der Waals surface area contributed by atoms with Crippen LogP contribution >= 0.6 is 0 Å². The summed E-state index contributed by atoms with van der Waals surface area (Å²) in [4.78, 5) is 58.8. The van der Waals surface area contributed by atoms with Gasteiger partial charge in [0.1, 0.15) is 0 Å². The van der Waals surface area contributed by atoms with Gasteiger partial charge in [0, 0.05) is 34.6 Å². The molecule has 2 amide bonds. The number of carboxylic acids is 1. The molecule has 0 atom stereocenters. The molecule has 6 rings (SSSR count). The summed E-state index contributed by atoms with van der Waals surface area (Å²) >= 11 is 0. The fraction of sp³-hybridized carbons (Fsp3) is 0.167. The van der Waals surface area contributed by atoms with Crippen LogP contribution in [0.2, 0.25) is 0 Å². The number of carbonyl (C=O) groups excluding carboxylic acids is 2. The first-order valence-electron chi connectivity index (χ1n) is 17.8. The minimum atomic E-state index is -1.04. The lowest BCUT2D eigenvalue weighted by Gasteiger charge is -2.10. The van der Waals surface area contributed by atoms with Crippen molar-refractivity contribution in [2.75, 3.05) is 23.8 Å². The van der Waals surface area contributed by atoms with Gasteiger partial charge in [0.05, 0.1) is 49.9 Å². The van der Waals surface area contributed by atoms with Crippen LogP contribution in [0.15, 0.2) is 131 Å². The number of amides is 2. The van der Waals surface area contributed by atoms with E-state index in [9.17, 15) is 29.1 Å². The molecule has 0 saturated heterocycles. The molecule has 0 aliphatic rings. The van der Waals surface area contributed by atoms with Gasteiger partial charge < -0.3 is 19.7 Å². The molecule has 4 N–H and O–H groups in total. The van der Waals surface area contributed by atoms with Crippen LogP contribution in [0.4, 0.5) is 21.0 Å². The van der Waals surface area contributed by atoms with Gasteiger partial charge >= 0.3 is 18.2 Å². The second kappa shape index (κ2) is 19.8. The number of nitrogens with one attached hydrogen (secondary N) is 2. The summed E-state index contributed by atoms with van der Waals surface area (Å²) in [5.41, 5.74) is 5.59. The minimum Gasteiger partial charge on any atom is -0.478 e. The molecule has 0 spiro atoms. The van der Waals surface area contributed by atoms with Crippen LogP contribution in [-0.2, 0) is 29.2 Å². The lowest BCUT2D eigenvalue weighted by atomic mass is 10.1. The van der Waals surface area contributed by atoms with Gasteiger partial charge in [-0.3, -0.25) is 20.2 Å². The van der Waals surface area contributed by atoms with Crippen LogP contribution in [0.3, 0.4) is 0 Å². The lowest BCUT2D eigenvalue weighted by Crippen LogP contribution is -2.23. The van der Waals surface area contributed by atoms with Crippen molar-refractivity contribution in [3.63, 3.8) is 0 Å². The number of carboxylic acid groups (broad SMARTS) is 1. The Morgan fingerprint density at radius 2 is 1.05 bits per heavy atom. The Morgan fingerprint density at radius 1 is 0.596 bits per heavy atom. The summed E-state index contributed by atoms with van der Waals surface area (Å²) in [7, 11) is 0. The molecule has 0 unspecified atom stereocenters. The van der Waals surface area contributed by atoms with Crippen LogP contribution < -0.4 is 21.8 Å². The van der Waals surface area contributed by atoms with Gasteiger partial charge in [-0.1, -0.05) is 54.6 Å². The molecular formula is C42H40N6O9. The summed E-state index contributed by atoms with van der Waals surface area (Å²) in [6.07, 6.45) is -1.08. The molecule has 15 heteroatoms. The Kier molecular flexibility index (Phi) is 14.2. The Bertz CT molecular complexity index is 2480. The third-order valence-electron chi connectivity index (χ3n) is 8.11. The molecule has 15 nitrogen and oxygen atoms in total. The van der Waals surface area contributed by atoms with Crippen molar-refractivity contribution in [1.29, 1.82) is 0 Å². The van der Waals surface area contributed by atoms with Crippen molar-refractivity contribution in [3.8, 4) is 22.5 Å². The molecule has 57 heavy (non-hydrogen) atoms. The number of hydrogen-bond donors (Lipinski definition) is 4. The molecule has 0 saturated carbocycles. The zero-order chi connectivity index (χ0) is 40.7. The molecule has 0 aliphatic carbocycles. The topological polar surface area (TPSA) is 204 Å². The summed E-state index contributed by atoms with van der Waals surface area (Å²) in [6.45, 7) is 4.38. The summed E-state index contributed by atoms with van der Waals surface area (Å²) in [6, 6.07) is 33.9. The van der Waals surface area contributed by atoms with Crippen LogP contribution in [0.25, 0.3) is 22.5 Å². The number of hydrogen-bond acceptors (Lipinski definition) is 10. The first kappa shape index (κ1) is 40.8. The molecule has 6 aromatic rings. The molecule has 0 bridgehead atoms. The molecule has 2 heterocycles. The zero-order valence-electron chi connectivity index (χ0n) is 31.1. The number of rotatable bonds is 12. The van der Waals surface area contributed by atoms with E-state index >= 15 is 0 Å². The normalized spacial score (nSPS) is 10.4. The third-order valence-corrected chi connectivity index (χ3v) is 8.11. The number of aliphatic hydroxyl groups excluding tert-OH is 1. The van der Waals surface area contributed by atoms with Crippen molar-refractivity contribution >= 4 is 29.5 Å². The second-order valence-electron chi connectivity index (χ2n) is 12.3. The molecular weight excluding hydrogens is 732 g/mol. The van der Waals surface area contributed by atoms with Crippen LogP contribution in [-0.4, -0.2) is 61.1 Å². The summed E-state index contributed by atoms with van der Waals surface area (Å²) in [5.74, 6) is -1.04. The number of ether oxygens (including phenoxy) is 2. The first-order valence-corrected chi connectivity index (χ1v) is 17.8. The number of carbonyl (C=O) groups is 3. The monoisotopic (exact) mass is 772 g/mol. The number of aromatic carboxylic acids is 1. The van der Waals surface area contributed by atoms with Crippen molar-refractivity contribution in [3.05, 3.63) is 164 Å². The van der Waals surface area contributed by atoms with Crippen LogP contribution in [0.5, 0.6) is 0 Å². The smallest absolute Gasteiger partial charge is 0.411 e. The highest BCUT2D eigenvalue weighted by atomic mass is 16.6. The molecule has 0 radical (unpaired) electrons. The number of aromatic nitrogens is 4. The predicted octanol–water partition coefficient (Wildman–Crippen LogP) is 6.24. The summed E-state index contributed by atoms with van der Waals surface area (Å²) < 4.78 is 12.4. The van der Waals surface area contributed by atoms with E-state index in [1.54, 1.807) is 74.5 Å². The highest BCUT2D eigenvalue weighted by molar-refractivity contribution is 5.89. The van der Waals surface area contributed by atoms with Crippen molar-refractivity contribution in [1.82, 2.24) is 19.6 Å². The average molecular weight is 773 g/mol. The van der Waals surface area contributed by atoms with E-state index in [1.807, 2.05) is 36.4 Å². The van der Waals surface area contributed by atoms with E-state index in [4.69, 9.17) is 14.6 Å². The molecule has 4 aromatic carbocycles. The molecule has 292 valence electrons. The number of nitrogens with zero attached hydrogens (tertiary/aromatic N) is 4. The standard InChI is InChI=1S/C21H19N3O5.C21H21N3O4/c1-2-29-21(28)22-17-8-3-5-14(11-17)13-24-19(25)10-9-18(23-24)15-6-4-7-16(12-15)20(26)27;1-2-28-21(27)22-18-8-4-5-15(12-18)13-24-20(26)10-9-19(23-24)17-7-3-6-16(11-17)14-25/h3-12H,2,13H2,1H3,(H,22,28)(H,26,27);3-12,25H,2,13-14H2,1H3,(H,22,27). The Morgan fingerprint density at radius 3 is 1.53 bits per heavy atom. The molecule has 0 aliphatic heterocycles. The predicted molar refractivity (Wildman–Crippen MR) is 213 cm³/mol. The fourth-order valence-corrected chi connectivity index (χ4v) is 5.48. The quantitative estimate of drug-likeness (QED) is 0.110. The van der Waals surface area contributed by atoms with E-state index in [2.05, 4.69) is 20.8 Å². The molecule has 2 aromatic heterocycles. The maximum atomic E-state index is 12.2. The average Bonchev–Trinajstić information content (AvgIpc) is 3.20. The van der Waals surface area contributed by atoms with Crippen molar-refractivity contribution in [2.45, 2.75) is 33.5 Å². The van der Waals surface area contributed by atoms with Gasteiger partial charge in [-0.2, -0.15) is 10.2 Å². The van der Waals surface area contributed by atoms with E-state index in [0.29, 0.717) is 28.3 Å². The Balaban J connectivity index is 0.000000218. The van der Waals surface area contributed by atoms with Crippen molar-refractivity contribution in [2.24, 2.45) is 0 Å². The van der Waals surface area contributed by atoms with E-state index in [0.717, 1.165) is 22.3 Å². The molecule has 0 fully saturated rings. The highest BCUT2D eigenvalue weighted by Gasteiger charge is 2.10. The van der Waals surface area contributed by atoms with E-state index < -0.39 is 18.2 Å².